The molecule has 2 aliphatic heterocycles. The molecule has 1 aromatic heterocycles. The van der Waals surface area contributed by atoms with Gasteiger partial charge in [0.15, 0.2) is 5.69 Å². The summed E-state index contributed by atoms with van der Waals surface area (Å²) in [6, 6.07) is 0. The third-order valence-electron chi connectivity index (χ3n) is 4.29. The Hall–Kier alpha value is -2.91. The molecule has 0 unspecified atom stereocenters. The van der Waals surface area contributed by atoms with E-state index in [-0.39, 0.29) is 17.0 Å². The van der Waals surface area contributed by atoms with Crippen molar-refractivity contribution < 1.29 is 19.5 Å². The molecule has 3 N–H and O–H groups in total. The van der Waals surface area contributed by atoms with Crippen LogP contribution in [0.5, 0.6) is 0 Å². The Morgan fingerprint density at radius 2 is 1.96 bits per heavy atom. The highest BCUT2D eigenvalue weighted by Gasteiger charge is 2.49. The van der Waals surface area contributed by atoms with Crippen LogP contribution in [0.3, 0.4) is 0 Å². The maximum absolute atomic E-state index is 11.9. The quantitative estimate of drug-likeness (QED) is 0.619. The van der Waals surface area contributed by atoms with Gasteiger partial charge in [0.25, 0.3) is 5.91 Å². The van der Waals surface area contributed by atoms with Crippen molar-refractivity contribution in [3.8, 4) is 0 Å². The maximum atomic E-state index is 11.9. The fourth-order valence-corrected chi connectivity index (χ4v) is 3.11. The fourth-order valence-electron chi connectivity index (χ4n) is 3.11. The number of amides is 3. The van der Waals surface area contributed by atoms with E-state index in [2.05, 4.69) is 20.8 Å². The number of likely N-dealkylation sites (tertiary alicyclic amines) is 1. The molecule has 0 aromatic carbocycles. The lowest BCUT2D eigenvalue weighted by molar-refractivity contribution is -0.119. The van der Waals surface area contributed by atoms with Crippen LogP contribution in [-0.2, 0) is 4.79 Å². The first-order valence-corrected chi connectivity index (χ1v) is 7.50. The van der Waals surface area contributed by atoms with Crippen LogP contribution < -0.4 is 15.8 Å². The van der Waals surface area contributed by atoms with Gasteiger partial charge in [-0.3, -0.25) is 25.4 Å². The Morgan fingerprint density at radius 3 is 2.62 bits per heavy atom. The number of nitrogens with zero attached hydrogens (tertiary/aromatic N) is 4. The van der Waals surface area contributed by atoms with E-state index >= 15 is 0 Å². The van der Waals surface area contributed by atoms with Gasteiger partial charge in [-0.1, -0.05) is 0 Å². The van der Waals surface area contributed by atoms with Crippen LogP contribution in [0.4, 0.5) is 10.6 Å². The number of nitrogens with one attached hydrogen (secondary N) is 2. The lowest BCUT2D eigenvalue weighted by atomic mass is 9.79. The number of aromatic nitrogens is 2. The third-order valence-corrected chi connectivity index (χ3v) is 4.29. The van der Waals surface area contributed by atoms with Gasteiger partial charge in [-0.2, -0.15) is 0 Å². The van der Waals surface area contributed by atoms with Crippen molar-refractivity contribution in [2.24, 2.45) is 5.41 Å². The molecule has 1 aromatic rings. The van der Waals surface area contributed by atoms with Crippen molar-refractivity contribution in [3.63, 3.8) is 0 Å². The van der Waals surface area contributed by atoms with Crippen LogP contribution in [0.15, 0.2) is 12.4 Å². The zero-order chi connectivity index (χ0) is 17.3. The predicted octanol–water partition coefficient (Wildman–Crippen LogP) is -0.552. The van der Waals surface area contributed by atoms with Gasteiger partial charge in [-0.05, 0) is 6.42 Å². The van der Waals surface area contributed by atoms with Crippen LogP contribution >= 0.6 is 0 Å². The van der Waals surface area contributed by atoms with E-state index in [0.29, 0.717) is 25.5 Å². The van der Waals surface area contributed by atoms with E-state index in [1.807, 2.05) is 4.90 Å². The minimum atomic E-state index is -0.893. The molecule has 1 spiro atoms. The van der Waals surface area contributed by atoms with Crippen molar-refractivity contribution in [2.45, 2.75) is 13.3 Å². The molecule has 0 aliphatic carbocycles. The fraction of sp³-hybridized carbons (Fsp3) is 0.500. The third kappa shape index (κ3) is 3.07. The molecular weight excluding hydrogens is 316 g/mol. The number of hydrazine groups is 1. The van der Waals surface area contributed by atoms with Gasteiger partial charge in [0.05, 0.1) is 12.4 Å². The predicted molar refractivity (Wildman–Crippen MR) is 82.2 cm³/mol. The number of carbonyl (C=O) groups is 3. The topological polar surface area (TPSA) is 128 Å². The highest BCUT2D eigenvalue weighted by Crippen LogP contribution is 2.40. The first-order valence-electron chi connectivity index (χ1n) is 7.50. The minimum absolute atomic E-state index is 0.0332. The Bertz CT molecular complexity index is 688. The van der Waals surface area contributed by atoms with Gasteiger partial charge >= 0.3 is 6.09 Å². The molecule has 3 amide bonds. The van der Waals surface area contributed by atoms with Crippen LogP contribution in [0.25, 0.3) is 0 Å². The second-order valence-electron chi connectivity index (χ2n) is 6.21. The summed E-state index contributed by atoms with van der Waals surface area (Å²) in [4.78, 5) is 45.4. The Morgan fingerprint density at radius 1 is 1.21 bits per heavy atom. The summed E-state index contributed by atoms with van der Waals surface area (Å²) in [5.41, 5.74) is 4.51. The zero-order valence-electron chi connectivity index (χ0n) is 13.2. The molecule has 2 fully saturated rings. The molecule has 128 valence electrons. The van der Waals surface area contributed by atoms with Gasteiger partial charge < -0.3 is 14.9 Å². The number of hydrogen-bond acceptors (Lipinski definition) is 6. The summed E-state index contributed by atoms with van der Waals surface area (Å²) >= 11 is 0. The summed E-state index contributed by atoms with van der Waals surface area (Å²) in [7, 11) is 0. The van der Waals surface area contributed by atoms with Gasteiger partial charge in [0.2, 0.25) is 5.91 Å². The van der Waals surface area contributed by atoms with Crippen LogP contribution in [0, 0.1) is 5.41 Å². The summed E-state index contributed by atoms with van der Waals surface area (Å²) in [6.07, 6.45) is 2.88. The molecule has 0 radical (unpaired) electrons. The van der Waals surface area contributed by atoms with E-state index in [1.54, 1.807) is 6.20 Å². The monoisotopic (exact) mass is 334 g/mol. The second kappa shape index (κ2) is 5.95. The van der Waals surface area contributed by atoms with Crippen molar-refractivity contribution >= 4 is 23.7 Å². The van der Waals surface area contributed by atoms with E-state index < -0.39 is 12.0 Å². The molecular formula is C14H18N6O4. The van der Waals surface area contributed by atoms with E-state index in [1.165, 1.54) is 18.0 Å². The first-order chi connectivity index (χ1) is 11.4. The number of carbonyl (C=O) groups excluding carboxylic acids is 2. The molecule has 2 saturated heterocycles. The molecule has 3 rings (SSSR count). The molecule has 10 nitrogen and oxygen atoms in total. The molecule has 3 heterocycles. The highest BCUT2D eigenvalue weighted by molar-refractivity contribution is 5.93. The standard InChI is InChI=1S/C14H18N6O4/c1-9(21)17-18-12(22)10-4-15-5-11(16-10)19-3-2-14(6-19)7-20(8-14)13(23)24/h4-5H,2-3,6-8H2,1H3,(H,17,21)(H,18,22)(H,23,24). The summed E-state index contributed by atoms with van der Waals surface area (Å²) in [5.74, 6) is -0.368. The Balaban J connectivity index is 1.64. The van der Waals surface area contributed by atoms with E-state index in [4.69, 9.17) is 5.11 Å². The highest BCUT2D eigenvalue weighted by atomic mass is 16.4. The van der Waals surface area contributed by atoms with Crippen molar-refractivity contribution in [1.29, 1.82) is 0 Å². The second-order valence-corrected chi connectivity index (χ2v) is 6.21. The van der Waals surface area contributed by atoms with Crippen molar-refractivity contribution in [1.82, 2.24) is 25.7 Å². The lowest BCUT2D eigenvalue weighted by Gasteiger charge is -2.46. The molecule has 2 aliphatic rings. The Labute approximate surface area is 137 Å². The lowest BCUT2D eigenvalue weighted by Crippen LogP contribution is -2.59. The number of carboxylic acid groups (broad SMARTS) is 1. The number of rotatable bonds is 2. The largest absolute Gasteiger partial charge is 0.465 e. The van der Waals surface area contributed by atoms with Crippen LogP contribution in [-0.4, -0.2) is 64.1 Å². The Kier molecular flexibility index (Phi) is 3.96. The smallest absolute Gasteiger partial charge is 0.407 e. The average molecular weight is 334 g/mol. The van der Waals surface area contributed by atoms with Gasteiger partial charge in [-0.25, -0.2) is 9.78 Å². The SMILES string of the molecule is CC(=O)NNC(=O)c1cncc(N2CCC3(CN(C(=O)O)C3)C2)n1. The molecule has 0 bridgehead atoms. The van der Waals surface area contributed by atoms with Crippen LogP contribution in [0.1, 0.15) is 23.8 Å². The zero-order valence-corrected chi connectivity index (χ0v) is 13.2. The molecule has 0 saturated carbocycles. The summed E-state index contributed by atoms with van der Waals surface area (Å²) in [5, 5.41) is 8.96. The average Bonchev–Trinajstić information content (AvgIpc) is 2.96. The normalized spacial score (nSPS) is 18.2. The molecule has 10 heteroatoms. The summed E-state index contributed by atoms with van der Waals surface area (Å²) < 4.78 is 0. The van der Waals surface area contributed by atoms with Crippen molar-refractivity contribution in [3.05, 3.63) is 18.1 Å². The van der Waals surface area contributed by atoms with Gasteiger partial charge in [0.1, 0.15) is 5.82 Å². The van der Waals surface area contributed by atoms with E-state index in [0.717, 1.165) is 13.0 Å². The summed E-state index contributed by atoms with van der Waals surface area (Å²) in [6.45, 7) is 3.75. The molecule has 0 atom stereocenters. The van der Waals surface area contributed by atoms with Gasteiger partial charge in [-0.15, -0.1) is 0 Å². The maximum Gasteiger partial charge on any atom is 0.407 e. The first kappa shape index (κ1) is 16.0. The van der Waals surface area contributed by atoms with Crippen molar-refractivity contribution in [2.75, 3.05) is 31.1 Å². The van der Waals surface area contributed by atoms with Crippen LogP contribution in [0.2, 0.25) is 0 Å². The van der Waals surface area contributed by atoms with E-state index in [9.17, 15) is 14.4 Å². The number of hydrogen-bond donors (Lipinski definition) is 3. The van der Waals surface area contributed by atoms with Gasteiger partial charge in [0, 0.05) is 38.5 Å². The molecule has 24 heavy (non-hydrogen) atoms. The minimum Gasteiger partial charge on any atom is -0.465 e. The number of anilines is 1.